The minimum Gasteiger partial charge on any atom is -0.495 e. The molecule has 6 heteroatoms. The summed E-state index contributed by atoms with van der Waals surface area (Å²) in [5.74, 6) is 2.32. The van der Waals surface area contributed by atoms with Crippen LogP contribution in [0, 0.1) is 0 Å². The Hall–Kier alpha value is -2.70. The number of aliphatic hydroxyl groups excluding tert-OH is 1. The Kier molecular flexibility index (Phi) is 7.33. The van der Waals surface area contributed by atoms with Crippen LogP contribution in [0.25, 0.3) is 0 Å². The van der Waals surface area contributed by atoms with Crippen molar-refractivity contribution < 1.29 is 19.3 Å². The number of benzene rings is 2. The normalized spacial score (nSPS) is 17.3. The van der Waals surface area contributed by atoms with E-state index >= 15 is 0 Å². The van der Waals surface area contributed by atoms with Gasteiger partial charge < -0.3 is 24.2 Å². The number of methoxy groups -OCH3 is 1. The standard InChI is InChI=1S/C25H32N2O4/c1-29-23-9-3-2-7-21(23)27-15-13-26(14-16-27)12-5-4-8-22(28)20-10-11-24-25(19-20)31-18-6-17-30-24/h2-3,6-7,9-11,17,19,22,28H,4-5,8,12-16,18H2,1H3. The fourth-order valence-corrected chi connectivity index (χ4v) is 4.18. The number of aliphatic hydroxyl groups is 1. The van der Waals surface area contributed by atoms with Crippen LogP contribution >= 0.6 is 0 Å². The van der Waals surface area contributed by atoms with Crippen LogP contribution in [-0.4, -0.2) is 56.4 Å². The second-order valence-corrected chi connectivity index (χ2v) is 8.02. The van der Waals surface area contributed by atoms with Gasteiger partial charge in [-0.05, 0) is 61.7 Å². The van der Waals surface area contributed by atoms with Gasteiger partial charge in [0.2, 0.25) is 0 Å². The maximum Gasteiger partial charge on any atom is 0.168 e. The van der Waals surface area contributed by atoms with Crippen LogP contribution in [0.2, 0.25) is 0 Å². The Balaban J connectivity index is 1.18. The monoisotopic (exact) mass is 424 g/mol. The van der Waals surface area contributed by atoms with Gasteiger partial charge in [0.15, 0.2) is 11.5 Å². The first-order chi connectivity index (χ1) is 15.2. The third kappa shape index (κ3) is 5.51. The predicted molar refractivity (Wildman–Crippen MR) is 122 cm³/mol. The second kappa shape index (κ2) is 10.6. The van der Waals surface area contributed by atoms with E-state index in [1.807, 2.05) is 36.4 Å². The summed E-state index contributed by atoms with van der Waals surface area (Å²) in [4.78, 5) is 4.91. The van der Waals surface area contributed by atoms with Crippen molar-refractivity contribution in [2.75, 3.05) is 51.3 Å². The zero-order valence-corrected chi connectivity index (χ0v) is 18.2. The molecule has 0 aromatic heterocycles. The number of hydrogen-bond donors (Lipinski definition) is 1. The molecule has 0 radical (unpaired) electrons. The zero-order chi connectivity index (χ0) is 21.5. The van der Waals surface area contributed by atoms with Crippen molar-refractivity contribution >= 4 is 5.69 Å². The van der Waals surface area contributed by atoms with E-state index in [0.29, 0.717) is 18.1 Å². The van der Waals surface area contributed by atoms with E-state index in [1.54, 1.807) is 13.4 Å². The van der Waals surface area contributed by atoms with E-state index in [9.17, 15) is 5.11 Å². The number of rotatable bonds is 8. The summed E-state index contributed by atoms with van der Waals surface area (Å²) in [5, 5.41) is 10.6. The van der Waals surface area contributed by atoms with E-state index < -0.39 is 6.10 Å². The largest absolute Gasteiger partial charge is 0.495 e. The van der Waals surface area contributed by atoms with Gasteiger partial charge in [-0.3, -0.25) is 4.90 Å². The van der Waals surface area contributed by atoms with Gasteiger partial charge in [-0.25, -0.2) is 0 Å². The molecule has 2 aliphatic rings. The highest BCUT2D eigenvalue weighted by atomic mass is 16.5. The zero-order valence-electron chi connectivity index (χ0n) is 18.2. The van der Waals surface area contributed by atoms with Crippen molar-refractivity contribution in [3.05, 3.63) is 60.4 Å². The third-order valence-corrected chi connectivity index (χ3v) is 5.98. The molecule has 0 saturated carbocycles. The molecular formula is C25H32N2O4. The summed E-state index contributed by atoms with van der Waals surface area (Å²) < 4.78 is 16.7. The van der Waals surface area contributed by atoms with Crippen LogP contribution < -0.4 is 19.1 Å². The molecule has 31 heavy (non-hydrogen) atoms. The van der Waals surface area contributed by atoms with Gasteiger partial charge in [0.1, 0.15) is 12.4 Å². The number of anilines is 1. The van der Waals surface area contributed by atoms with Gasteiger partial charge in [0, 0.05) is 26.2 Å². The lowest BCUT2D eigenvalue weighted by molar-refractivity contribution is 0.159. The Bertz CT molecular complexity index is 878. The van der Waals surface area contributed by atoms with E-state index in [2.05, 4.69) is 21.9 Å². The van der Waals surface area contributed by atoms with Crippen molar-refractivity contribution in [3.63, 3.8) is 0 Å². The lowest BCUT2D eigenvalue weighted by Crippen LogP contribution is -2.46. The summed E-state index contributed by atoms with van der Waals surface area (Å²) in [7, 11) is 1.73. The smallest absolute Gasteiger partial charge is 0.168 e. The fraction of sp³-hybridized carbons (Fsp3) is 0.440. The van der Waals surface area contributed by atoms with Gasteiger partial charge >= 0.3 is 0 Å². The summed E-state index contributed by atoms with van der Waals surface area (Å²) in [6, 6.07) is 13.9. The molecule has 0 amide bonds. The Morgan fingerprint density at radius 1 is 1.03 bits per heavy atom. The summed E-state index contributed by atoms with van der Waals surface area (Å²) >= 11 is 0. The molecule has 2 aromatic rings. The SMILES string of the molecule is COc1ccccc1N1CCN(CCCCC(O)c2ccc3c(c2)OCC=CO3)CC1. The maximum absolute atomic E-state index is 10.6. The first-order valence-electron chi connectivity index (χ1n) is 11.1. The minimum absolute atomic E-state index is 0.479. The molecule has 0 aliphatic carbocycles. The van der Waals surface area contributed by atoms with Gasteiger partial charge in [0.05, 0.1) is 25.2 Å². The van der Waals surface area contributed by atoms with Crippen LogP contribution in [0.3, 0.4) is 0 Å². The molecule has 1 fully saturated rings. The Labute approximate surface area is 184 Å². The van der Waals surface area contributed by atoms with Crippen molar-refractivity contribution in [3.8, 4) is 17.2 Å². The summed E-state index contributed by atoms with van der Waals surface area (Å²) in [6.07, 6.45) is 5.81. The Morgan fingerprint density at radius 2 is 1.87 bits per heavy atom. The summed E-state index contributed by atoms with van der Waals surface area (Å²) in [5.41, 5.74) is 2.06. The van der Waals surface area contributed by atoms with E-state index in [0.717, 1.165) is 63.3 Å². The quantitative estimate of drug-likeness (QED) is 0.647. The molecule has 1 atom stereocenters. The molecule has 0 spiro atoms. The number of ether oxygens (including phenoxy) is 3. The molecule has 2 aromatic carbocycles. The number of fused-ring (bicyclic) bond motifs is 1. The highest BCUT2D eigenvalue weighted by molar-refractivity contribution is 5.58. The first-order valence-corrected chi connectivity index (χ1v) is 11.1. The van der Waals surface area contributed by atoms with Crippen LogP contribution in [-0.2, 0) is 0 Å². The fourth-order valence-electron chi connectivity index (χ4n) is 4.18. The molecule has 4 rings (SSSR count). The molecule has 2 aliphatic heterocycles. The molecular weight excluding hydrogens is 392 g/mol. The van der Waals surface area contributed by atoms with Crippen molar-refractivity contribution in [1.82, 2.24) is 4.90 Å². The number of piperazine rings is 1. The first kappa shape index (κ1) is 21.5. The van der Waals surface area contributed by atoms with E-state index in [-0.39, 0.29) is 0 Å². The Morgan fingerprint density at radius 3 is 2.71 bits per heavy atom. The topological polar surface area (TPSA) is 54.4 Å². The lowest BCUT2D eigenvalue weighted by atomic mass is 10.0. The van der Waals surface area contributed by atoms with Crippen LogP contribution in [0.5, 0.6) is 17.2 Å². The molecule has 1 N–H and O–H groups in total. The molecule has 6 nitrogen and oxygen atoms in total. The average Bonchev–Trinajstić information content (AvgIpc) is 3.07. The molecule has 1 unspecified atom stereocenters. The van der Waals surface area contributed by atoms with E-state index in [4.69, 9.17) is 14.2 Å². The van der Waals surface area contributed by atoms with Gasteiger partial charge in [-0.15, -0.1) is 0 Å². The molecule has 2 heterocycles. The van der Waals surface area contributed by atoms with Crippen molar-refractivity contribution in [1.29, 1.82) is 0 Å². The third-order valence-electron chi connectivity index (χ3n) is 5.98. The highest BCUT2D eigenvalue weighted by Crippen LogP contribution is 2.33. The van der Waals surface area contributed by atoms with Gasteiger partial charge in [0.25, 0.3) is 0 Å². The number of hydrogen-bond acceptors (Lipinski definition) is 6. The average molecular weight is 425 g/mol. The van der Waals surface area contributed by atoms with Crippen molar-refractivity contribution in [2.45, 2.75) is 25.4 Å². The van der Waals surface area contributed by atoms with Crippen LogP contribution in [0.1, 0.15) is 30.9 Å². The predicted octanol–water partition coefficient (Wildman–Crippen LogP) is 4.01. The number of unbranched alkanes of at least 4 members (excludes halogenated alkanes) is 1. The number of para-hydroxylation sites is 2. The molecule has 0 bridgehead atoms. The van der Waals surface area contributed by atoms with Gasteiger partial charge in [-0.2, -0.15) is 0 Å². The highest BCUT2D eigenvalue weighted by Gasteiger charge is 2.19. The molecule has 166 valence electrons. The number of nitrogens with zero attached hydrogens (tertiary/aromatic N) is 2. The van der Waals surface area contributed by atoms with Crippen molar-refractivity contribution in [2.24, 2.45) is 0 Å². The van der Waals surface area contributed by atoms with E-state index in [1.165, 1.54) is 5.69 Å². The summed E-state index contributed by atoms with van der Waals surface area (Å²) in [6.45, 7) is 5.67. The maximum atomic E-state index is 10.6. The van der Waals surface area contributed by atoms with Crippen LogP contribution in [0.4, 0.5) is 5.69 Å². The second-order valence-electron chi connectivity index (χ2n) is 8.02. The lowest BCUT2D eigenvalue weighted by Gasteiger charge is -2.36. The van der Waals surface area contributed by atoms with Crippen LogP contribution in [0.15, 0.2) is 54.8 Å². The minimum atomic E-state index is -0.479. The van der Waals surface area contributed by atoms with Gasteiger partial charge in [-0.1, -0.05) is 18.2 Å². The molecule has 1 saturated heterocycles.